The SMILES string of the molecule is COC1CCCC(CNS(C)(=O)=O)C1. The maximum Gasteiger partial charge on any atom is 0.208 e. The number of nitrogens with one attached hydrogen (secondary N) is 1. The molecule has 1 rings (SSSR count). The minimum absolute atomic E-state index is 0.315. The second-order valence-corrected chi connectivity index (χ2v) is 5.84. The topological polar surface area (TPSA) is 55.4 Å². The summed E-state index contributed by atoms with van der Waals surface area (Å²) in [6, 6.07) is 0. The fourth-order valence-corrected chi connectivity index (χ4v) is 2.45. The van der Waals surface area contributed by atoms with Crippen LogP contribution in [0.1, 0.15) is 25.7 Å². The highest BCUT2D eigenvalue weighted by molar-refractivity contribution is 7.88. The van der Waals surface area contributed by atoms with Gasteiger partial charge in [-0.2, -0.15) is 0 Å². The number of rotatable bonds is 4. The van der Waals surface area contributed by atoms with Gasteiger partial charge >= 0.3 is 0 Å². The van der Waals surface area contributed by atoms with E-state index in [1.165, 1.54) is 6.26 Å². The van der Waals surface area contributed by atoms with Crippen LogP contribution in [0.5, 0.6) is 0 Å². The third-order valence-corrected chi connectivity index (χ3v) is 3.39. The highest BCUT2D eigenvalue weighted by Crippen LogP contribution is 2.25. The number of methoxy groups -OCH3 is 1. The number of ether oxygens (including phenoxy) is 1. The minimum Gasteiger partial charge on any atom is -0.381 e. The molecule has 2 unspecified atom stereocenters. The van der Waals surface area contributed by atoms with E-state index in [9.17, 15) is 8.42 Å². The predicted octanol–water partition coefficient (Wildman–Crippen LogP) is 0.741. The second-order valence-electron chi connectivity index (χ2n) is 4.01. The van der Waals surface area contributed by atoms with E-state index in [0.29, 0.717) is 18.6 Å². The van der Waals surface area contributed by atoms with E-state index < -0.39 is 10.0 Å². The largest absolute Gasteiger partial charge is 0.381 e. The molecule has 0 saturated heterocycles. The lowest BCUT2D eigenvalue weighted by Crippen LogP contribution is -2.32. The minimum atomic E-state index is -3.04. The Kier molecular flexibility index (Phi) is 4.34. The Morgan fingerprint density at radius 2 is 2.14 bits per heavy atom. The van der Waals surface area contributed by atoms with Gasteiger partial charge in [0, 0.05) is 13.7 Å². The normalized spacial score (nSPS) is 29.0. The molecule has 0 aliphatic heterocycles. The first-order chi connectivity index (χ1) is 6.51. The first kappa shape index (κ1) is 11.9. The first-order valence-electron chi connectivity index (χ1n) is 4.98. The summed E-state index contributed by atoms with van der Waals surface area (Å²) in [5, 5.41) is 0. The van der Waals surface area contributed by atoms with E-state index in [0.717, 1.165) is 25.7 Å². The molecule has 0 aromatic rings. The standard InChI is InChI=1S/C9H19NO3S/c1-13-9-5-3-4-8(6-9)7-10-14(2,11)12/h8-10H,3-7H2,1-2H3. The first-order valence-corrected chi connectivity index (χ1v) is 6.88. The molecule has 0 spiro atoms. The molecule has 0 heterocycles. The van der Waals surface area contributed by atoms with Crippen LogP contribution in [0.25, 0.3) is 0 Å². The fourth-order valence-electron chi connectivity index (χ4n) is 1.91. The zero-order valence-electron chi connectivity index (χ0n) is 8.82. The molecule has 2 atom stereocenters. The third-order valence-electron chi connectivity index (χ3n) is 2.70. The van der Waals surface area contributed by atoms with Gasteiger partial charge in [-0.25, -0.2) is 13.1 Å². The molecule has 4 nitrogen and oxygen atoms in total. The Morgan fingerprint density at radius 1 is 1.43 bits per heavy atom. The molecule has 1 aliphatic rings. The van der Waals surface area contributed by atoms with Crippen molar-refractivity contribution in [2.45, 2.75) is 31.8 Å². The predicted molar refractivity (Wildman–Crippen MR) is 55.6 cm³/mol. The summed E-state index contributed by atoms with van der Waals surface area (Å²) in [6.07, 6.45) is 5.82. The van der Waals surface area contributed by atoms with Crippen LogP contribution in [0.3, 0.4) is 0 Å². The van der Waals surface area contributed by atoms with Crippen molar-refractivity contribution in [3.8, 4) is 0 Å². The highest BCUT2D eigenvalue weighted by Gasteiger charge is 2.22. The molecule has 0 bridgehead atoms. The number of hydrogen-bond donors (Lipinski definition) is 1. The molecule has 0 aromatic carbocycles. The summed E-state index contributed by atoms with van der Waals surface area (Å²) >= 11 is 0. The lowest BCUT2D eigenvalue weighted by Gasteiger charge is -2.27. The van der Waals surface area contributed by atoms with Gasteiger partial charge in [0.25, 0.3) is 0 Å². The van der Waals surface area contributed by atoms with Crippen molar-refractivity contribution in [2.75, 3.05) is 19.9 Å². The van der Waals surface area contributed by atoms with Crippen molar-refractivity contribution in [2.24, 2.45) is 5.92 Å². The van der Waals surface area contributed by atoms with Gasteiger partial charge < -0.3 is 4.74 Å². The summed E-state index contributed by atoms with van der Waals surface area (Å²) in [5.74, 6) is 0.434. The summed E-state index contributed by atoms with van der Waals surface area (Å²) in [6.45, 7) is 0.554. The van der Waals surface area contributed by atoms with Crippen LogP contribution >= 0.6 is 0 Å². The van der Waals surface area contributed by atoms with Crippen LogP contribution in [-0.2, 0) is 14.8 Å². The van der Waals surface area contributed by atoms with E-state index in [2.05, 4.69) is 4.72 Å². The molecule has 84 valence electrons. The van der Waals surface area contributed by atoms with Gasteiger partial charge in [0.1, 0.15) is 0 Å². The quantitative estimate of drug-likeness (QED) is 0.762. The molecular formula is C9H19NO3S. The number of hydrogen-bond acceptors (Lipinski definition) is 3. The van der Waals surface area contributed by atoms with Crippen LogP contribution in [0.15, 0.2) is 0 Å². The number of sulfonamides is 1. The Morgan fingerprint density at radius 3 is 2.71 bits per heavy atom. The molecule has 1 N–H and O–H groups in total. The van der Waals surface area contributed by atoms with Crippen LogP contribution in [0.2, 0.25) is 0 Å². The van der Waals surface area contributed by atoms with E-state index in [4.69, 9.17) is 4.74 Å². The Bertz CT molecular complexity index is 263. The van der Waals surface area contributed by atoms with Crippen molar-refractivity contribution in [1.29, 1.82) is 0 Å². The van der Waals surface area contributed by atoms with Crippen molar-refractivity contribution in [3.63, 3.8) is 0 Å². The highest BCUT2D eigenvalue weighted by atomic mass is 32.2. The van der Waals surface area contributed by atoms with Crippen molar-refractivity contribution >= 4 is 10.0 Å². The smallest absolute Gasteiger partial charge is 0.208 e. The zero-order valence-corrected chi connectivity index (χ0v) is 9.64. The van der Waals surface area contributed by atoms with E-state index in [1.807, 2.05) is 0 Å². The molecule has 0 aromatic heterocycles. The van der Waals surface area contributed by atoms with Gasteiger partial charge in [-0.3, -0.25) is 0 Å². The molecule has 14 heavy (non-hydrogen) atoms. The molecule has 1 saturated carbocycles. The van der Waals surface area contributed by atoms with Crippen molar-refractivity contribution in [1.82, 2.24) is 4.72 Å². The molecule has 0 amide bonds. The maximum absolute atomic E-state index is 10.9. The molecule has 1 aliphatic carbocycles. The second kappa shape index (κ2) is 5.09. The van der Waals surface area contributed by atoms with Crippen LogP contribution in [-0.4, -0.2) is 34.4 Å². The Labute approximate surface area is 86.1 Å². The monoisotopic (exact) mass is 221 g/mol. The summed E-state index contributed by atoms with van der Waals surface area (Å²) in [7, 11) is -1.32. The average molecular weight is 221 g/mol. The molecule has 5 heteroatoms. The van der Waals surface area contributed by atoms with Gasteiger partial charge in [0.05, 0.1) is 12.4 Å². The van der Waals surface area contributed by atoms with E-state index in [-0.39, 0.29) is 0 Å². The van der Waals surface area contributed by atoms with E-state index >= 15 is 0 Å². The Hall–Kier alpha value is -0.130. The van der Waals surface area contributed by atoms with Gasteiger partial charge in [-0.05, 0) is 25.2 Å². The summed E-state index contributed by atoms with van der Waals surface area (Å²) in [5.41, 5.74) is 0. The van der Waals surface area contributed by atoms with Gasteiger partial charge in [0.2, 0.25) is 10.0 Å². The zero-order chi connectivity index (χ0) is 10.6. The van der Waals surface area contributed by atoms with Crippen molar-refractivity contribution < 1.29 is 13.2 Å². The summed E-state index contributed by atoms with van der Waals surface area (Å²) < 4.78 is 29.6. The van der Waals surface area contributed by atoms with Gasteiger partial charge in [0.15, 0.2) is 0 Å². The molecular weight excluding hydrogens is 202 g/mol. The Balaban J connectivity index is 2.31. The van der Waals surface area contributed by atoms with Crippen LogP contribution in [0, 0.1) is 5.92 Å². The molecule has 0 radical (unpaired) electrons. The lowest BCUT2D eigenvalue weighted by atomic mass is 9.87. The van der Waals surface area contributed by atoms with Crippen LogP contribution in [0.4, 0.5) is 0 Å². The third kappa shape index (κ3) is 4.39. The van der Waals surface area contributed by atoms with Gasteiger partial charge in [-0.15, -0.1) is 0 Å². The average Bonchev–Trinajstić information content (AvgIpc) is 2.14. The van der Waals surface area contributed by atoms with Gasteiger partial charge in [-0.1, -0.05) is 6.42 Å². The fraction of sp³-hybridized carbons (Fsp3) is 1.00. The van der Waals surface area contributed by atoms with Crippen molar-refractivity contribution in [3.05, 3.63) is 0 Å². The van der Waals surface area contributed by atoms with E-state index in [1.54, 1.807) is 7.11 Å². The summed E-state index contributed by atoms with van der Waals surface area (Å²) in [4.78, 5) is 0. The molecule has 1 fully saturated rings. The lowest BCUT2D eigenvalue weighted by molar-refractivity contribution is 0.0517. The maximum atomic E-state index is 10.9. The van der Waals surface area contributed by atoms with Crippen LogP contribution < -0.4 is 4.72 Å².